The summed E-state index contributed by atoms with van der Waals surface area (Å²) in [7, 11) is 0. The normalized spacial score (nSPS) is 18.5. The Labute approximate surface area is 205 Å². The lowest BCUT2D eigenvalue weighted by molar-refractivity contribution is -0.143. The second kappa shape index (κ2) is 11.7. The first-order valence-electron chi connectivity index (χ1n) is 13.1. The standard InChI is InChI=1S/C27H42N4O3/c1-5-9-13-22(6-2)25(33)29-18-16-27(17-19-29)26(34)30(20-24(32)28(7-3)8-4)21-31(27)23-14-11-10-12-15-23/h10-12,14-15,22H,5-9,13,16-21H2,1-4H3. The zero-order valence-corrected chi connectivity index (χ0v) is 21.5. The predicted molar refractivity (Wildman–Crippen MR) is 135 cm³/mol. The fourth-order valence-corrected chi connectivity index (χ4v) is 5.47. The van der Waals surface area contributed by atoms with Crippen molar-refractivity contribution in [2.24, 2.45) is 5.92 Å². The summed E-state index contributed by atoms with van der Waals surface area (Å²) in [4.78, 5) is 47.4. The summed E-state index contributed by atoms with van der Waals surface area (Å²) < 4.78 is 0. The van der Waals surface area contributed by atoms with Gasteiger partial charge in [-0.1, -0.05) is 44.9 Å². The monoisotopic (exact) mass is 470 g/mol. The predicted octanol–water partition coefficient (Wildman–Crippen LogP) is 3.74. The number of nitrogens with zero attached hydrogens (tertiary/aromatic N) is 4. The van der Waals surface area contributed by atoms with Crippen LogP contribution in [0.2, 0.25) is 0 Å². The molecule has 0 saturated carbocycles. The summed E-state index contributed by atoms with van der Waals surface area (Å²) in [6, 6.07) is 9.99. The molecular formula is C27H42N4O3. The van der Waals surface area contributed by atoms with E-state index in [0.717, 1.165) is 31.4 Å². The molecule has 0 aliphatic carbocycles. The van der Waals surface area contributed by atoms with Crippen molar-refractivity contribution >= 4 is 23.4 Å². The number of rotatable bonds is 10. The average Bonchev–Trinajstić information content (AvgIpc) is 3.12. The maximum atomic E-state index is 13.8. The van der Waals surface area contributed by atoms with Crippen LogP contribution in [0.4, 0.5) is 5.69 Å². The summed E-state index contributed by atoms with van der Waals surface area (Å²) in [6.07, 6.45) is 5.13. The lowest BCUT2D eigenvalue weighted by Crippen LogP contribution is -2.58. The molecule has 188 valence electrons. The molecule has 3 amide bonds. The molecule has 7 heteroatoms. The van der Waals surface area contributed by atoms with Gasteiger partial charge in [-0.3, -0.25) is 14.4 Å². The third-order valence-electron chi connectivity index (χ3n) is 7.67. The fourth-order valence-electron chi connectivity index (χ4n) is 5.47. The zero-order chi connectivity index (χ0) is 24.7. The Bertz CT molecular complexity index is 832. The van der Waals surface area contributed by atoms with Gasteiger partial charge in [-0.2, -0.15) is 0 Å². The van der Waals surface area contributed by atoms with Crippen molar-refractivity contribution in [3.05, 3.63) is 30.3 Å². The van der Waals surface area contributed by atoms with E-state index < -0.39 is 5.54 Å². The molecule has 7 nitrogen and oxygen atoms in total. The minimum absolute atomic E-state index is 0.0157. The number of benzene rings is 1. The molecular weight excluding hydrogens is 428 g/mol. The molecule has 2 fully saturated rings. The number of anilines is 1. The molecule has 2 aliphatic heterocycles. The SMILES string of the molecule is CCCCC(CC)C(=O)N1CCC2(CC1)C(=O)N(CC(=O)N(CC)CC)CN2c1ccccc1. The fraction of sp³-hybridized carbons (Fsp3) is 0.667. The molecule has 1 aromatic rings. The number of unbranched alkanes of at least 4 members (excludes halogenated alkanes) is 1. The summed E-state index contributed by atoms with van der Waals surface area (Å²) in [6.45, 7) is 11.1. The average molecular weight is 471 g/mol. The van der Waals surface area contributed by atoms with Gasteiger partial charge in [0.1, 0.15) is 12.1 Å². The van der Waals surface area contributed by atoms with E-state index in [1.807, 2.05) is 49.1 Å². The Kier molecular flexibility index (Phi) is 8.97. The molecule has 1 atom stereocenters. The number of carbonyl (C=O) groups excluding carboxylic acids is 3. The Morgan fingerprint density at radius 3 is 2.24 bits per heavy atom. The molecule has 1 spiro atoms. The van der Waals surface area contributed by atoms with Gasteiger partial charge in [-0.05, 0) is 51.7 Å². The number of para-hydroxylation sites is 1. The van der Waals surface area contributed by atoms with Gasteiger partial charge in [-0.15, -0.1) is 0 Å². The number of hydrogen-bond donors (Lipinski definition) is 0. The van der Waals surface area contributed by atoms with Crippen molar-refractivity contribution in [3.63, 3.8) is 0 Å². The van der Waals surface area contributed by atoms with Gasteiger partial charge in [0.25, 0.3) is 5.91 Å². The summed E-state index contributed by atoms with van der Waals surface area (Å²) >= 11 is 0. The van der Waals surface area contributed by atoms with E-state index in [1.165, 1.54) is 0 Å². The highest BCUT2D eigenvalue weighted by Gasteiger charge is 2.54. The van der Waals surface area contributed by atoms with E-state index in [1.54, 1.807) is 9.80 Å². The largest absolute Gasteiger partial charge is 0.342 e. The van der Waals surface area contributed by atoms with E-state index in [2.05, 4.69) is 18.7 Å². The molecule has 3 rings (SSSR count). The molecule has 1 unspecified atom stereocenters. The van der Waals surface area contributed by atoms with Crippen LogP contribution in [-0.2, 0) is 14.4 Å². The molecule has 2 heterocycles. The van der Waals surface area contributed by atoms with E-state index in [9.17, 15) is 14.4 Å². The molecule has 2 aliphatic rings. The van der Waals surface area contributed by atoms with E-state index in [-0.39, 0.29) is 30.2 Å². The van der Waals surface area contributed by atoms with Gasteiger partial charge in [-0.25, -0.2) is 0 Å². The third kappa shape index (κ3) is 5.23. The lowest BCUT2D eigenvalue weighted by Gasteiger charge is -2.44. The van der Waals surface area contributed by atoms with Crippen LogP contribution in [0.25, 0.3) is 0 Å². The van der Waals surface area contributed by atoms with Gasteiger partial charge in [0.15, 0.2) is 0 Å². The molecule has 0 radical (unpaired) electrons. The highest BCUT2D eigenvalue weighted by atomic mass is 16.2. The Morgan fingerprint density at radius 2 is 1.68 bits per heavy atom. The van der Waals surface area contributed by atoms with Gasteiger partial charge in [0, 0.05) is 37.8 Å². The molecule has 0 bridgehead atoms. The van der Waals surface area contributed by atoms with Crippen LogP contribution in [-0.4, -0.2) is 77.4 Å². The summed E-state index contributed by atoms with van der Waals surface area (Å²) in [5.74, 6) is 0.303. The summed E-state index contributed by atoms with van der Waals surface area (Å²) in [5.41, 5.74) is 0.287. The topological polar surface area (TPSA) is 64.2 Å². The van der Waals surface area contributed by atoms with Crippen LogP contribution in [0, 0.1) is 5.92 Å². The van der Waals surface area contributed by atoms with Crippen molar-refractivity contribution in [1.82, 2.24) is 14.7 Å². The number of piperidine rings is 1. The first-order chi connectivity index (χ1) is 16.4. The minimum atomic E-state index is -0.702. The highest BCUT2D eigenvalue weighted by molar-refractivity contribution is 5.96. The minimum Gasteiger partial charge on any atom is -0.342 e. The van der Waals surface area contributed by atoms with Crippen molar-refractivity contribution < 1.29 is 14.4 Å². The first-order valence-corrected chi connectivity index (χ1v) is 13.1. The Morgan fingerprint density at radius 1 is 1.03 bits per heavy atom. The molecule has 34 heavy (non-hydrogen) atoms. The summed E-state index contributed by atoms with van der Waals surface area (Å²) in [5, 5.41) is 0. The van der Waals surface area contributed by atoms with Crippen LogP contribution < -0.4 is 4.90 Å². The first kappa shape index (κ1) is 26.0. The second-order valence-electron chi connectivity index (χ2n) is 9.58. The maximum Gasteiger partial charge on any atom is 0.250 e. The lowest BCUT2D eigenvalue weighted by atomic mass is 9.84. The van der Waals surface area contributed by atoms with Crippen LogP contribution in [0.1, 0.15) is 66.2 Å². The highest BCUT2D eigenvalue weighted by Crippen LogP contribution is 2.40. The van der Waals surface area contributed by atoms with Crippen LogP contribution in [0.15, 0.2) is 30.3 Å². The zero-order valence-electron chi connectivity index (χ0n) is 21.5. The van der Waals surface area contributed by atoms with Crippen LogP contribution in [0.5, 0.6) is 0 Å². The van der Waals surface area contributed by atoms with Crippen molar-refractivity contribution in [2.75, 3.05) is 44.3 Å². The number of carbonyl (C=O) groups is 3. The van der Waals surface area contributed by atoms with Crippen LogP contribution >= 0.6 is 0 Å². The second-order valence-corrected chi connectivity index (χ2v) is 9.58. The Balaban J connectivity index is 1.79. The van der Waals surface area contributed by atoms with Crippen molar-refractivity contribution in [3.8, 4) is 0 Å². The van der Waals surface area contributed by atoms with Gasteiger partial charge < -0.3 is 19.6 Å². The van der Waals surface area contributed by atoms with E-state index in [4.69, 9.17) is 0 Å². The number of amides is 3. The molecule has 0 N–H and O–H groups in total. The maximum absolute atomic E-state index is 13.8. The molecule has 1 aromatic carbocycles. The number of likely N-dealkylation sites (N-methyl/N-ethyl adjacent to an activating group) is 1. The third-order valence-corrected chi connectivity index (χ3v) is 7.67. The molecule has 0 aromatic heterocycles. The smallest absolute Gasteiger partial charge is 0.250 e. The van der Waals surface area contributed by atoms with Gasteiger partial charge >= 0.3 is 0 Å². The van der Waals surface area contributed by atoms with Gasteiger partial charge in [0.05, 0.1) is 6.67 Å². The van der Waals surface area contributed by atoms with Crippen LogP contribution in [0.3, 0.4) is 0 Å². The Hall–Kier alpha value is -2.57. The molecule has 2 saturated heterocycles. The number of hydrogen-bond acceptors (Lipinski definition) is 4. The number of likely N-dealkylation sites (tertiary alicyclic amines) is 1. The quantitative estimate of drug-likeness (QED) is 0.523. The van der Waals surface area contributed by atoms with Crippen molar-refractivity contribution in [1.29, 1.82) is 0 Å². The van der Waals surface area contributed by atoms with E-state index in [0.29, 0.717) is 45.7 Å². The van der Waals surface area contributed by atoms with Crippen molar-refractivity contribution in [2.45, 2.75) is 71.8 Å². The van der Waals surface area contributed by atoms with E-state index >= 15 is 0 Å². The van der Waals surface area contributed by atoms with Gasteiger partial charge in [0.2, 0.25) is 11.8 Å².